The molecule has 0 N–H and O–H groups in total. The van der Waals surface area contributed by atoms with Gasteiger partial charge < -0.3 is 0 Å². The summed E-state index contributed by atoms with van der Waals surface area (Å²) in [6.45, 7) is 3.87. The van der Waals surface area contributed by atoms with Gasteiger partial charge in [0.1, 0.15) is 0 Å². The number of nitrogens with zero attached hydrogens (tertiary/aromatic N) is 1. The van der Waals surface area contributed by atoms with Crippen LogP contribution in [0.2, 0.25) is 0 Å². The summed E-state index contributed by atoms with van der Waals surface area (Å²) in [5.74, 6) is 1.04. The molecule has 1 fully saturated rings. The van der Waals surface area contributed by atoms with Crippen LogP contribution in [-0.4, -0.2) is 24.5 Å². The van der Waals surface area contributed by atoms with E-state index in [2.05, 4.69) is 17.1 Å². The lowest BCUT2D eigenvalue weighted by atomic mass is 9.85. The van der Waals surface area contributed by atoms with Gasteiger partial charge in [-0.1, -0.05) is 18.6 Å². The van der Waals surface area contributed by atoms with Crippen LogP contribution in [0.5, 0.6) is 0 Å². The van der Waals surface area contributed by atoms with Gasteiger partial charge in [-0.05, 0) is 25.2 Å². The number of rotatable bonds is 2. The standard InChI is InChI=1S/C10H17N/c1-2-7-11(8-3-1)9-10-5-4-6-10/h1-2,10H,3-9H2. The van der Waals surface area contributed by atoms with E-state index in [9.17, 15) is 0 Å². The highest BCUT2D eigenvalue weighted by atomic mass is 15.1. The maximum atomic E-state index is 2.59. The molecule has 1 heteroatoms. The van der Waals surface area contributed by atoms with Gasteiger partial charge in [0.15, 0.2) is 0 Å². The highest BCUT2D eigenvalue weighted by Gasteiger charge is 2.20. The molecule has 1 nitrogen and oxygen atoms in total. The molecule has 2 aliphatic rings. The van der Waals surface area contributed by atoms with Gasteiger partial charge in [-0.15, -0.1) is 0 Å². The lowest BCUT2D eigenvalue weighted by molar-refractivity contribution is 0.189. The van der Waals surface area contributed by atoms with Gasteiger partial charge in [0.05, 0.1) is 0 Å². The van der Waals surface area contributed by atoms with Crippen molar-refractivity contribution in [1.29, 1.82) is 0 Å². The molecule has 0 radical (unpaired) electrons. The summed E-state index contributed by atoms with van der Waals surface area (Å²) in [7, 11) is 0. The molecule has 1 saturated carbocycles. The summed E-state index contributed by atoms with van der Waals surface area (Å²) in [6, 6.07) is 0. The third-order valence-corrected chi connectivity index (χ3v) is 2.88. The zero-order valence-electron chi connectivity index (χ0n) is 7.13. The average molecular weight is 151 g/mol. The van der Waals surface area contributed by atoms with Crippen molar-refractivity contribution in [2.24, 2.45) is 5.92 Å². The Bertz CT molecular complexity index is 147. The molecule has 0 atom stereocenters. The lowest BCUT2D eigenvalue weighted by Crippen LogP contribution is -2.34. The fourth-order valence-corrected chi connectivity index (χ4v) is 1.90. The lowest BCUT2D eigenvalue weighted by Gasteiger charge is -2.32. The van der Waals surface area contributed by atoms with Crippen molar-refractivity contribution in [2.45, 2.75) is 25.7 Å². The molecule has 2 rings (SSSR count). The van der Waals surface area contributed by atoms with Crippen LogP contribution in [0.1, 0.15) is 25.7 Å². The first-order valence-electron chi connectivity index (χ1n) is 4.82. The molecule has 0 amide bonds. The number of hydrogen-bond donors (Lipinski definition) is 0. The smallest absolute Gasteiger partial charge is 0.0163 e. The molecule has 0 aromatic heterocycles. The first-order valence-corrected chi connectivity index (χ1v) is 4.82. The van der Waals surface area contributed by atoms with Crippen molar-refractivity contribution in [3.8, 4) is 0 Å². The largest absolute Gasteiger partial charge is 0.299 e. The first kappa shape index (κ1) is 7.35. The Morgan fingerprint density at radius 1 is 1.27 bits per heavy atom. The number of hydrogen-bond acceptors (Lipinski definition) is 1. The minimum atomic E-state index is 1.04. The highest BCUT2D eigenvalue weighted by molar-refractivity contribution is 4.91. The third-order valence-electron chi connectivity index (χ3n) is 2.88. The van der Waals surface area contributed by atoms with E-state index in [1.54, 1.807) is 0 Å². The van der Waals surface area contributed by atoms with E-state index in [4.69, 9.17) is 0 Å². The predicted molar refractivity (Wildman–Crippen MR) is 47.5 cm³/mol. The molecule has 1 aliphatic carbocycles. The van der Waals surface area contributed by atoms with Gasteiger partial charge in [-0.3, -0.25) is 4.90 Å². The second-order valence-corrected chi connectivity index (χ2v) is 3.82. The molecule has 0 bridgehead atoms. The molecule has 1 aliphatic heterocycles. The van der Waals surface area contributed by atoms with Crippen molar-refractivity contribution >= 4 is 0 Å². The van der Waals surface area contributed by atoms with E-state index in [1.807, 2.05) is 0 Å². The molecular formula is C10H17N. The molecule has 0 aromatic rings. The van der Waals surface area contributed by atoms with E-state index >= 15 is 0 Å². The van der Waals surface area contributed by atoms with Crippen LogP contribution in [-0.2, 0) is 0 Å². The first-order chi connectivity index (χ1) is 5.45. The van der Waals surface area contributed by atoms with Crippen LogP contribution >= 0.6 is 0 Å². The monoisotopic (exact) mass is 151 g/mol. The zero-order valence-corrected chi connectivity index (χ0v) is 7.13. The Hall–Kier alpha value is -0.300. The minimum absolute atomic E-state index is 1.04. The zero-order chi connectivity index (χ0) is 7.52. The molecule has 0 aromatic carbocycles. The van der Waals surface area contributed by atoms with Gasteiger partial charge in [0.2, 0.25) is 0 Å². The summed E-state index contributed by atoms with van der Waals surface area (Å²) in [5, 5.41) is 0. The van der Waals surface area contributed by atoms with Gasteiger partial charge in [0.25, 0.3) is 0 Å². The Morgan fingerprint density at radius 2 is 2.18 bits per heavy atom. The molecule has 0 spiro atoms. The average Bonchev–Trinajstić information content (AvgIpc) is 1.99. The summed E-state index contributed by atoms with van der Waals surface area (Å²) < 4.78 is 0. The summed E-state index contributed by atoms with van der Waals surface area (Å²) >= 11 is 0. The van der Waals surface area contributed by atoms with Gasteiger partial charge in [-0.25, -0.2) is 0 Å². The van der Waals surface area contributed by atoms with Crippen LogP contribution in [0.25, 0.3) is 0 Å². The van der Waals surface area contributed by atoms with Crippen molar-refractivity contribution in [1.82, 2.24) is 4.90 Å². The van der Waals surface area contributed by atoms with E-state index in [-0.39, 0.29) is 0 Å². The summed E-state index contributed by atoms with van der Waals surface area (Å²) in [4.78, 5) is 2.59. The van der Waals surface area contributed by atoms with Crippen molar-refractivity contribution < 1.29 is 0 Å². The predicted octanol–water partition coefficient (Wildman–Crippen LogP) is 2.05. The second kappa shape index (κ2) is 3.40. The molecule has 11 heavy (non-hydrogen) atoms. The second-order valence-electron chi connectivity index (χ2n) is 3.82. The fraction of sp³-hybridized carbons (Fsp3) is 0.800. The fourth-order valence-electron chi connectivity index (χ4n) is 1.90. The van der Waals surface area contributed by atoms with E-state index in [1.165, 1.54) is 45.3 Å². The van der Waals surface area contributed by atoms with Crippen LogP contribution in [0, 0.1) is 5.92 Å². The minimum Gasteiger partial charge on any atom is -0.299 e. The van der Waals surface area contributed by atoms with Crippen molar-refractivity contribution in [3.63, 3.8) is 0 Å². The SMILES string of the molecule is C1=CCN(CC2CCC2)CC1. The van der Waals surface area contributed by atoms with Crippen molar-refractivity contribution in [3.05, 3.63) is 12.2 Å². The molecular weight excluding hydrogens is 134 g/mol. The Labute approximate surface area is 69.1 Å². The molecule has 0 saturated heterocycles. The summed E-state index contributed by atoms with van der Waals surface area (Å²) in [5.41, 5.74) is 0. The summed E-state index contributed by atoms with van der Waals surface area (Å²) in [6.07, 6.45) is 10.3. The van der Waals surface area contributed by atoms with Gasteiger partial charge >= 0.3 is 0 Å². The maximum Gasteiger partial charge on any atom is 0.0163 e. The normalized spacial score (nSPS) is 26.9. The topological polar surface area (TPSA) is 3.24 Å². The molecule has 1 heterocycles. The highest BCUT2D eigenvalue weighted by Crippen LogP contribution is 2.27. The van der Waals surface area contributed by atoms with Crippen LogP contribution in [0.15, 0.2) is 12.2 Å². The quantitative estimate of drug-likeness (QED) is 0.546. The Balaban J connectivity index is 1.72. The maximum absolute atomic E-state index is 2.59. The van der Waals surface area contributed by atoms with Crippen LogP contribution < -0.4 is 0 Å². The Morgan fingerprint density at radius 3 is 2.73 bits per heavy atom. The van der Waals surface area contributed by atoms with E-state index < -0.39 is 0 Å². The van der Waals surface area contributed by atoms with Gasteiger partial charge in [0, 0.05) is 19.6 Å². The van der Waals surface area contributed by atoms with Crippen molar-refractivity contribution in [2.75, 3.05) is 19.6 Å². The third kappa shape index (κ3) is 1.84. The van der Waals surface area contributed by atoms with Gasteiger partial charge in [-0.2, -0.15) is 0 Å². The van der Waals surface area contributed by atoms with Crippen LogP contribution in [0.4, 0.5) is 0 Å². The Kier molecular flexibility index (Phi) is 2.27. The van der Waals surface area contributed by atoms with Crippen LogP contribution in [0.3, 0.4) is 0 Å². The molecule has 62 valence electrons. The van der Waals surface area contributed by atoms with E-state index in [0.717, 1.165) is 5.92 Å². The van der Waals surface area contributed by atoms with E-state index in [0.29, 0.717) is 0 Å². The molecule has 0 unspecified atom stereocenters.